The molecule has 1 saturated heterocycles. The van der Waals surface area contributed by atoms with Crippen molar-refractivity contribution >= 4 is 40.9 Å². The fourth-order valence-corrected chi connectivity index (χ4v) is 2.81. The molecule has 1 aromatic carbocycles. The zero-order chi connectivity index (χ0) is 21.0. The van der Waals surface area contributed by atoms with Crippen molar-refractivity contribution in [3.63, 3.8) is 0 Å². The minimum atomic E-state index is -0.794. The zero-order valence-electron chi connectivity index (χ0n) is 15.4. The molecule has 3 rings (SSSR count). The van der Waals surface area contributed by atoms with Gasteiger partial charge in [-0.15, -0.1) is 0 Å². The Bertz CT molecular complexity index is 938. The Balaban J connectivity index is 1.67. The molecule has 152 valence electrons. The van der Waals surface area contributed by atoms with Crippen LogP contribution in [-0.4, -0.2) is 42.1 Å². The van der Waals surface area contributed by atoms with Crippen LogP contribution in [-0.2, 0) is 9.53 Å². The molecule has 0 bridgehead atoms. The highest BCUT2D eigenvalue weighted by atomic mass is 35.5. The summed E-state index contributed by atoms with van der Waals surface area (Å²) >= 11 is 5.69. The molecule has 1 aliphatic rings. The molecule has 0 radical (unpaired) electrons. The first-order valence-corrected chi connectivity index (χ1v) is 9.22. The number of nitrogens with one attached hydrogen (secondary N) is 2. The van der Waals surface area contributed by atoms with Gasteiger partial charge >= 0.3 is 6.09 Å². The van der Waals surface area contributed by atoms with E-state index in [9.17, 15) is 18.8 Å². The van der Waals surface area contributed by atoms with Gasteiger partial charge in [-0.3, -0.25) is 14.5 Å². The van der Waals surface area contributed by atoms with Crippen LogP contribution in [0.2, 0.25) is 5.15 Å². The van der Waals surface area contributed by atoms with Gasteiger partial charge in [0.1, 0.15) is 17.1 Å². The molecule has 2 heterocycles. The van der Waals surface area contributed by atoms with Gasteiger partial charge in [0, 0.05) is 6.42 Å². The van der Waals surface area contributed by atoms with E-state index in [1.807, 2.05) is 0 Å². The van der Waals surface area contributed by atoms with Crippen molar-refractivity contribution < 1.29 is 23.5 Å². The summed E-state index contributed by atoms with van der Waals surface area (Å²) < 4.78 is 19.7. The molecule has 1 aromatic heterocycles. The van der Waals surface area contributed by atoms with Gasteiger partial charge in [-0.1, -0.05) is 18.5 Å². The van der Waals surface area contributed by atoms with Gasteiger partial charge in [-0.05, 0) is 30.3 Å². The lowest BCUT2D eigenvalue weighted by molar-refractivity contribution is -0.121. The number of anilines is 2. The normalized spacial score (nSPS) is 15.8. The third kappa shape index (κ3) is 5.00. The zero-order valence-corrected chi connectivity index (χ0v) is 16.2. The van der Waals surface area contributed by atoms with Crippen molar-refractivity contribution in [2.45, 2.75) is 19.4 Å². The standard InChI is InChI=1S/C19H18ClFN4O4/c1-2-17(26)23-9-13-10-25(19(28)29-13)12-4-5-14(15(21)7-12)18(27)24-11-3-6-16(20)22-8-11/h3-8,13H,2,9-10H2,1H3,(H,23,26)(H,24,27). The molecule has 1 unspecified atom stereocenters. The van der Waals surface area contributed by atoms with Gasteiger partial charge in [0.2, 0.25) is 5.91 Å². The lowest BCUT2D eigenvalue weighted by Crippen LogP contribution is -2.34. The predicted molar refractivity (Wildman–Crippen MR) is 105 cm³/mol. The van der Waals surface area contributed by atoms with E-state index in [2.05, 4.69) is 15.6 Å². The van der Waals surface area contributed by atoms with E-state index < -0.39 is 23.9 Å². The minimum Gasteiger partial charge on any atom is -0.442 e. The lowest BCUT2D eigenvalue weighted by Gasteiger charge is -2.14. The maximum absolute atomic E-state index is 14.5. The molecule has 2 N–H and O–H groups in total. The number of cyclic esters (lactones) is 1. The molecule has 0 saturated carbocycles. The lowest BCUT2D eigenvalue weighted by atomic mass is 10.1. The van der Waals surface area contributed by atoms with E-state index in [4.69, 9.17) is 16.3 Å². The number of carbonyl (C=O) groups excluding carboxylic acids is 3. The number of ether oxygens (including phenoxy) is 1. The van der Waals surface area contributed by atoms with Crippen LogP contribution in [0.15, 0.2) is 36.5 Å². The van der Waals surface area contributed by atoms with Crippen molar-refractivity contribution in [1.82, 2.24) is 10.3 Å². The number of amides is 3. The van der Waals surface area contributed by atoms with E-state index in [0.29, 0.717) is 12.1 Å². The largest absolute Gasteiger partial charge is 0.442 e. The topological polar surface area (TPSA) is 101 Å². The molecular weight excluding hydrogens is 403 g/mol. The third-order valence-electron chi connectivity index (χ3n) is 4.22. The number of hydrogen-bond donors (Lipinski definition) is 2. The van der Waals surface area contributed by atoms with Gasteiger partial charge in [-0.2, -0.15) is 0 Å². The summed E-state index contributed by atoms with van der Waals surface area (Å²) in [5.74, 6) is -1.61. The SMILES string of the molecule is CCC(=O)NCC1CN(c2ccc(C(=O)Nc3ccc(Cl)nc3)c(F)c2)C(=O)O1. The second-order valence-corrected chi connectivity index (χ2v) is 6.65. The Morgan fingerprint density at radius 3 is 2.79 bits per heavy atom. The summed E-state index contributed by atoms with van der Waals surface area (Å²) in [7, 11) is 0. The molecule has 3 amide bonds. The number of rotatable bonds is 6. The average Bonchev–Trinajstić information content (AvgIpc) is 3.08. The van der Waals surface area contributed by atoms with Crippen LogP contribution >= 0.6 is 11.6 Å². The number of hydrogen-bond acceptors (Lipinski definition) is 5. The van der Waals surface area contributed by atoms with Crippen LogP contribution in [0.25, 0.3) is 0 Å². The van der Waals surface area contributed by atoms with Crippen LogP contribution in [0, 0.1) is 5.82 Å². The molecule has 8 nitrogen and oxygen atoms in total. The Labute approximate surface area is 171 Å². The van der Waals surface area contributed by atoms with E-state index in [1.54, 1.807) is 6.92 Å². The molecule has 29 heavy (non-hydrogen) atoms. The van der Waals surface area contributed by atoms with E-state index in [-0.39, 0.29) is 35.4 Å². The van der Waals surface area contributed by atoms with Gasteiger partial charge in [-0.25, -0.2) is 14.2 Å². The minimum absolute atomic E-state index is 0.156. The Morgan fingerprint density at radius 1 is 1.34 bits per heavy atom. The van der Waals surface area contributed by atoms with Crippen molar-refractivity contribution in [1.29, 1.82) is 0 Å². The summed E-state index contributed by atoms with van der Waals surface area (Å²) in [6.45, 7) is 2.05. The summed E-state index contributed by atoms with van der Waals surface area (Å²) in [6, 6.07) is 6.85. The average molecular weight is 421 g/mol. The molecule has 0 spiro atoms. The fraction of sp³-hybridized carbons (Fsp3) is 0.263. The first-order valence-electron chi connectivity index (χ1n) is 8.84. The second-order valence-electron chi connectivity index (χ2n) is 6.26. The van der Waals surface area contributed by atoms with Crippen LogP contribution in [0.5, 0.6) is 0 Å². The molecule has 0 aliphatic carbocycles. The van der Waals surface area contributed by atoms with Gasteiger partial charge in [0.15, 0.2) is 0 Å². The number of benzene rings is 1. The van der Waals surface area contributed by atoms with Gasteiger partial charge in [0.25, 0.3) is 5.91 Å². The quantitative estimate of drug-likeness (QED) is 0.700. The molecular formula is C19H18ClFN4O4. The second kappa shape index (κ2) is 8.87. The Kier molecular flexibility index (Phi) is 6.28. The number of aromatic nitrogens is 1. The van der Waals surface area contributed by atoms with E-state index >= 15 is 0 Å². The number of halogens is 2. The summed E-state index contributed by atoms with van der Waals surface area (Å²) in [4.78, 5) is 40.8. The van der Waals surface area contributed by atoms with E-state index in [1.165, 1.54) is 35.4 Å². The smallest absolute Gasteiger partial charge is 0.414 e. The van der Waals surface area contributed by atoms with Crippen molar-refractivity contribution in [3.8, 4) is 0 Å². The Morgan fingerprint density at radius 2 is 2.14 bits per heavy atom. The maximum atomic E-state index is 14.5. The molecule has 1 aliphatic heterocycles. The van der Waals surface area contributed by atoms with Crippen molar-refractivity contribution in [3.05, 3.63) is 53.1 Å². The maximum Gasteiger partial charge on any atom is 0.414 e. The monoisotopic (exact) mass is 420 g/mol. The van der Waals surface area contributed by atoms with Crippen molar-refractivity contribution in [2.75, 3.05) is 23.3 Å². The Hall–Kier alpha value is -3.20. The predicted octanol–water partition coefficient (Wildman–Crippen LogP) is 2.98. The highest BCUT2D eigenvalue weighted by Gasteiger charge is 2.33. The van der Waals surface area contributed by atoms with Crippen LogP contribution < -0.4 is 15.5 Å². The number of nitrogens with zero attached hydrogens (tertiary/aromatic N) is 2. The fourth-order valence-electron chi connectivity index (χ4n) is 2.70. The summed E-state index contributed by atoms with van der Waals surface area (Å²) in [6.07, 6.45) is 0.487. The van der Waals surface area contributed by atoms with Gasteiger partial charge < -0.3 is 15.4 Å². The first-order chi connectivity index (χ1) is 13.9. The number of carbonyl (C=O) groups is 3. The highest BCUT2D eigenvalue weighted by molar-refractivity contribution is 6.29. The first kappa shape index (κ1) is 20.5. The van der Waals surface area contributed by atoms with Crippen molar-refractivity contribution in [2.24, 2.45) is 0 Å². The highest BCUT2D eigenvalue weighted by Crippen LogP contribution is 2.24. The third-order valence-corrected chi connectivity index (χ3v) is 4.44. The summed E-state index contributed by atoms with van der Waals surface area (Å²) in [5, 5.41) is 5.43. The molecule has 1 fully saturated rings. The molecule has 2 aromatic rings. The number of pyridine rings is 1. The summed E-state index contributed by atoms with van der Waals surface area (Å²) in [5.41, 5.74) is 0.424. The van der Waals surface area contributed by atoms with Crippen LogP contribution in [0.1, 0.15) is 23.7 Å². The molecule has 10 heteroatoms. The van der Waals surface area contributed by atoms with E-state index in [0.717, 1.165) is 6.07 Å². The van der Waals surface area contributed by atoms with Crippen LogP contribution in [0.4, 0.5) is 20.6 Å². The van der Waals surface area contributed by atoms with Gasteiger partial charge in [0.05, 0.1) is 36.2 Å². The molecule has 1 atom stereocenters. The van der Waals surface area contributed by atoms with Crippen LogP contribution in [0.3, 0.4) is 0 Å².